The normalized spacial score (nSPS) is 20.7. The summed E-state index contributed by atoms with van der Waals surface area (Å²) in [6.07, 6.45) is 5.69. The molecule has 4 heterocycles. The molecule has 8 nitrogen and oxygen atoms in total. The monoisotopic (exact) mass is 371 g/mol. The van der Waals surface area contributed by atoms with Crippen LogP contribution in [0.4, 0.5) is 0 Å². The highest BCUT2D eigenvalue weighted by molar-refractivity contribution is 5.91. The Labute approximate surface area is 158 Å². The van der Waals surface area contributed by atoms with Crippen LogP contribution in [-0.4, -0.2) is 70.7 Å². The topological polar surface area (TPSA) is 83.6 Å². The van der Waals surface area contributed by atoms with Gasteiger partial charge in [-0.25, -0.2) is 0 Å². The fraction of sp³-hybridized carbons (Fsp3) is 0.526. The smallest absolute Gasteiger partial charge is 0.289 e. The van der Waals surface area contributed by atoms with Gasteiger partial charge in [0.15, 0.2) is 5.76 Å². The minimum absolute atomic E-state index is 0.0384. The molecule has 0 aliphatic carbocycles. The molecule has 0 radical (unpaired) electrons. The summed E-state index contributed by atoms with van der Waals surface area (Å²) < 4.78 is 6.90. The first-order valence-corrected chi connectivity index (χ1v) is 9.55. The number of carbonyl (C=O) groups excluding carboxylic acids is 2. The molecule has 0 spiro atoms. The summed E-state index contributed by atoms with van der Waals surface area (Å²) in [5.41, 5.74) is 1.06. The first kappa shape index (κ1) is 17.8. The lowest BCUT2D eigenvalue weighted by Gasteiger charge is -2.34. The zero-order chi connectivity index (χ0) is 18.6. The summed E-state index contributed by atoms with van der Waals surface area (Å²) in [5.74, 6) is 0.698. The number of hydrogen-bond acceptors (Lipinski definition) is 5. The van der Waals surface area contributed by atoms with Crippen molar-refractivity contribution in [3.05, 3.63) is 42.1 Å². The van der Waals surface area contributed by atoms with E-state index in [1.807, 2.05) is 12.3 Å². The van der Waals surface area contributed by atoms with E-state index in [2.05, 4.69) is 10.4 Å². The molecule has 0 aromatic carbocycles. The summed E-state index contributed by atoms with van der Waals surface area (Å²) in [6, 6.07) is 5.39. The van der Waals surface area contributed by atoms with Crippen LogP contribution >= 0.6 is 0 Å². The van der Waals surface area contributed by atoms with Crippen molar-refractivity contribution in [1.29, 1.82) is 0 Å². The molecule has 0 saturated carbocycles. The molecule has 0 bridgehead atoms. The van der Waals surface area contributed by atoms with Crippen LogP contribution in [0.15, 0.2) is 35.1 Å². The van der Waals surface area contributed by atoms with Crippen LogP contribution in [0, 0.1) is 0 Å². The van der Waals surface area contributed by atoms with Crippen molar-refractivity contribution in [1.82, 2.24) is 24.9 Å². The molecule has 4 rings (SSSR count). The standard InChI is InChI=1S/C19H25N5O3/c25-18(14-24-7-5-16(21-24)15-3-1-6-20-13-15)22-8-10-23(11-9-22)19(26)17-4-2-12-27-17/h2,4-5,7,12,15,20H,1,3,6,8-11,13-14H2/t15-/m1/s1. The van der Waals surface area contributed by atoms with Gasteiger partial charge in [-0.3, -0.25) is 14.3 Å². The van der Waals surface area contributed by atoms with E-state index in [-0.39, 0.29) is 18.4 Å². The first-order valence-electron chi connectivity index (χ1n) is 9.55. The molecular weight excluding hydrogens is 346 g/mol. The average molecular weight is 371 g/mol. The Balaban J connectivity index is 1.28. The van der Waals surface area contributed by atoms with Crippen LogP contribution in [0.1, 0.15) is 35.0 Å². The molecule has 27 heavy (non-hydrogen) atoms. The van der Waals surface area contributed by atoms with Gasteiger partial charge in [0.1, 0.15) is 6.54 Å². The Morgan fingerprint density at radius 2 is 2.00 bits per heavy atom. The second-order valence-corrected chi connectivity index (χ2v) is 7.13. The maximum Gasteiger partial charge on any atom is 0.289 e. The number of rotatable bonds is 4. The highest BCUT2D eigenvalue weighted by Gasteiger charge is 2.26. The fourth-order valence-electron chi connectivity index (χ4n) is 3.74. The number of carbonyl (C=O) groups is 2. The van der Waals surface area contributed by atoms with Crippen LogP contribution in [0.5, 0.6) is 0 Å². The molecule has 2 aromatic rings. The van der Waals surface area contributed by atoms with Crippen LogP contribution in [0.25, 0.3) is 0 Å². The second-order valence-electron chi connectivity index (χ2n) is 7.13. The maximum atomic E-state index is 12.6. The van der Waals surface area contributed by atoms with E-state index in [0.29, 0.717) is 37.9 Å². The Hall–Kier alpha value is -2.61. The van der Waals surface area contributed by atoms with Crippen molar-refractivity contribution in [3.8, 4) is 0 Å². The van der Waals surface area contributed by atoms with E-state index >= 15 is 0 Å². The molecule has 1 atom stereocenters. The van der Waals surface area contributed by atoms with Gasteiger partial charge in [0.2, 0.25) is 5.91 Å². The lowest BCUT2D eigenvalue weighted by molar-refractivity contribution is -0.133. The van der Waals surface area contributed by atoms with Gasteiger partial charge in [0, 0.05) is 44.8 Å². The summed E-state index contributed by atoms with van der Waals surface area (Å²) in [5, 5.41) is 7.99. The lowest BCUT2D eigenvalue weighted by Crippen LogP contribution is -2.51. The average Bonchev–Trinajstić information content (AvgIpc) is 3.40. The fourth-order valence-corrected chi connectivity index (χ4v) is 3.74. The molecule has 2 amide bonds. The third-order valence-corrected chi connectivity index (χ3v) is 5.33. The molecule has 2 aromatic heterocycles. The van der Waals surface area contributed by atoms with Crippen molar-refractivity contribution < 1.29 is 14.0 Å². The molecule has 2 saturated heterocycles. The van der Waals surface area contributed by atoms with Gasteiger partial charge in [0.25, 0.3) is 5.91 Å². The van der Waals surface area contributed by atoms with Crippen LogP contribution in [0.2, 0.25) is 0 Å². The number of amides is 2. The summed E-state index contributed by atoms with van der Waals surface area (Å²) in [4.78, 5) is 28.4. The Morgan fingerprint density at radius 1 is 1.19 bits per heavy atom. The highest BCUT2D eigenvalue weighted by Crippen LogP contribution is 2.21. The van der Waals surface area contributed by atoms with Gasteiger partial charge in [0.05, 0.1) is 12.0 Å². The van der Waals surface area contributed by atoms with Crippen LogP contribution < -0.4 is 5.32 Å². The van der Waals surface area contributed by atoms with Gasteiger partial charge in [-0.05, 0) is 37.6 Å². The number of piperidine rings is 1. The number of nitrogens with one attached hydrogen (secondary N) is 1. The Bertz CT molecular complexity index is 771. The number of aromatic nitrogens is 2. The molecular formula is C19H25N5O3. The van der Waals surface area contributed by atoms with Gasteiger partial charge in [-0.15, -0.1) is 0 Å². The molecule has 144 valence electrons. The summed E-state index contributed by atoms with van der Waals surface area (Å²) >= 11 is 0. The third-order valence-electron chi connectivity index (χ3n) is 5.33. The number of nitrogens with zero attached hydrogens (tertiary/aromatic N) is 4. The van der Waals surface area contributed by atoms with Crippen molar-refractivity contribution in [2.45, 2.75) is 25.3 Å². The van der Waals surface area contributed by atoms with Crippen molar-refractivity contribution in [3.63, 3.8) is 0 Å². The molecule has 2 aliphatic heterocycles. The van der Waals surface area contributed by atoms with Gasteiger partial charge in [-0.1, -0.05) is 0 Å². The summed E-state index contributed by atoms with van der Waals surface area (Å²) in [6.45, 7) is 4.37. The minimum Gasteiger partial charge on any atom is -0.459 e. The first-order chi connectivity index (χ1) is 13.2. The SMILES string of the molecule is O=C(Cn1ccc([C@@H]2CCCNC2)n1)N1CCN(C(=O)c2ccco2)CC1. The molecule has 0 unspecified atom stereocenters. The minimum atomic E-state index is -0.120. The van der Waals surface area contributed by atoms with E-state index < -0.39 is 0 Å². The second kappa shape index (κ2) is 7.96. The van der Waals surface area contributed by atoms with E-state index in [9.17, 15) is 9.59 Å². The van der Waals surface area contributed by atoms with E-state index in [1.165, 1.54) is 6.26 Å². The molecule has 8 heteroatoms. The Kier molecular flexibility index (Phi) is 5.24. The van der Waals surface area contributed by atoms with Gasteiger partial charge >= 0.3 is 0 Å². The molecule has 2 aliphatic rings. The van der Waals surface area contributed by atoms with Gasteiger partial charge < -0.3 is 19.5 Å². The van der Waals surface area contributed by atoms with Crippen LogP contribution in [0.3, 0.4) is 0 Å². The molecule has 2 fully saturated rings. The largest absolute Gasteiger partial charge is 0.459 e. The van der Waals surface area contributed by atoms with Crippen molar-refractivity contribution in [2.24, 2.45) is 0 Å². The van der Waals surface area contributed by atoms with E-state index in [1.54, 1.807) is 26.6 Å². The number of piperazine rings is 1. The summed E-state index contributed by atoms with van der Waals surface area (Å²) in [7, 11) is 0. The zero-order valence-corrected chi connectivity index (χ0v) is 15.3. The maximum absolute atomic E-state index is 12.6. The molecule has 1 N–H and O–H groups in total. The number of furan rings is 1. The number of hydrogen-bond donors (Lipinski definition) is 1. The van der Waals surface area contributed by atoms with Crippen LogP contribution in [-0.2, 0) is 11.3 Å². The van der Waals surface area contributed by atoms with Gasteiger partial charge in [-0.2, -0.15) is 5.10 Å². The highest BCUT2D eigenvalue weighted by atomic mass is 16.3. The van der Waals surface area contributed by atoms with Crippen molar-refractivity contribution >= 4 is 11.8 Å². The van der Waals surface area contributed by atoms with E-state index in [0.717, 1.165) is 31.6 Å². The predicted octanol–water partition coefficient (Wildman–Crippen LogP) is 0.928. The zero-order valence-electron chi connectivity index (χ0n) is 15.3. The van der Waals surface area contributed by atoms with E-state index in [4.69, 9.17) is 4.42 Å². The Morgan fingerprint density at radius 3 is 2.70 bits per heavy atom. The predicted molar refractivity (Wildman–Crippen MR) is 98.3 cm³/mol. The third kappa shape index (κ3) is 4.05. The quantitative estimate of drug-likeness (QED) is 0.864. The lowest BCUT2D eigenvalue weighted by atomic mass is 9.97. The van der Waals surface area contributed by atoms with Crippen molar-refractivity contribution in [2.75, 3.05) is 39.3 Å².